The van der Waals surface area contributed by atoms with E-state index in [4.69, 9.17) is 4.74 Å². The number of ketones is 1. The summed E-state index contributed by atoms with van der Waals surface area (Å²) in [6.07, 6.45) is 3.18. The molecule has 0 N–H and O–H groups in total. The lowest BCUT2D eigenvalue weighted by atomic mass is 10.0. The average molecular weight is 206 g/mol. The molecule has 2 rings (SSSR count). The second-order valence-electron chi connectivity index (χ2n) is 3.81. The lowest BCUT2D eigenvalue weighted by Crippen LogP contribution is -2.12. The van der Waals surface area contributed by atoms with Gasteiger partial charge in [0.05, 0.1) is 18.4 Å². The van der Waals surface area contributed by atoms with E-state index < -0.39 is 0 Å². The van der Waals surface area contributed by atoms with Crippen LogP contribution in [0, 0.1) is 13.8 Å². The highest BCUT2D eigenvalue weighted by molar-refractivity contribution is 5.90. The third-order valence-electron chi connectivity index (χ3n) is 2.77. The smallest absolute Gasteiger partial charge is 0.162 e. The lowest BCUT2D eigenvalue weighted by molar-refractivity contribution is -0.118. The summed E-state index contributed by atoms with van der Waals surface area (Å²) in [5, 5.41) is 4.31. The molecule has 1 atom stereocenters. The Labute approximate surface area is 88.5 Å². The van der Waals surface area contributed by atoms with Gasteiger partial charge in [0.1, 0.15) is 6.10 Å². The van der Waals surface area contributed by atoms with E-state index in [0.717, 1.165) is 17.0 Å². The third kappa shape index (κ3) is 1.67. The molecule has 0 amide bonds. The van der Waals surface area contributed by atoms with Gasteiger partial charge in [-0.3, -0.25) is 9.48 Å². The summed E-state index contributed by atoms with van der Waals surface area (Å²) in [4.78, 5) is 11.3. The molecular formula is C11H14N2O2. The quantitative estimate of drug-likeness (QED) is 0.700. The number of ether oxygens (including phenoxy) is 1. The molecule has 1 unspecified atom stereocenters. The van der Waals surface area contributed by atoms with Crippen molar-refractivity contribution in [3.05, 3.63) is 29.3 Å². The second-order valence-corrected chi connectivity index (χ2v) is 3.81. The van der Waals surface area contributed by atoms with E-state index in [1.165, 1.54) is 12.3 Å². The van der Waals surface area contributed by atoms with Crippen LogP contribution in [0.5, 0.6) is 0 Å². The van der Waals surface area contributed by atoms with Gasteiger partial charge in [-0.05, 0) is 13.8 Å². The summed E-state index contributed by atoms with van der Waals surface area (Å²) in [5.41, 5.74) is 3.03. The fourth-order valence-electron chi connectivity index (χ4n) is 1.93. The lowest BCUT2D eigenvalue weighted by Gasteiger charge is -2.19. The topological polar surface area (TPSA) is 44.1 Å². The molecule has 0 aliphatic carbocycles. The second kappa shape index (κ2) is 3.53. The molecule has 1 aromatic rings. The van der Waals surface area contributed by atoms with Gasteiger partial charge in [0, 0.05) is 24.4 Å². The third-order valence-corrected chi connectivity index (χ3v) is 2.77. The minimum atomic E-state index is -0.170. The molecule has 1 aromatic heterocycles. The van der Waals surface area contributed by atoms with Gasteiger partial charge in [0.15, 0.2) is 5.78 Å². The van der Waals surface area contributed by atoms with E-state index in [0.29, 0.717) is 6.42 Å². The van der Waals surface area contributed by atoms with Crippen LogP contribution in [0.4, 0.5) is 0 Å². The van der Waals surface area contributed by atoms with E-state index in [2.05, 4.69) is 5.10 Å². The fraction of sp³-hybridized carbons (Fsp3) is 0.455. The Morgan fingerprint density at radius 3 is 2.80 bits per heavy atom. The van der Waals surface area contributed by atoms with E-state index in [-0.39, 0.29) is 11.9 Å². The molecule has 0 saturated carbocycles. The van der Waals surface area contributed by atoms with Crippen LogP contribution >= 0.6 is 0 Å². The van der Waals surface area contributed by atoms with Gasteiger partial charge < -0.3 is 4.74 Å². The van der Waals surface area contributed by atoms with Gasteiger partial charge in [0.2, 0.25) is 0 Å². The van der Waals surface area contributed by atoms with Crippen molar-refractivity contribution in [1.82, 2.24) is 9.78 Å². The summed E-state index contributed by atoms with van der Waals surface area (Å²) in [7, 11) is 1.90. The molecular weight excluding hydrogens is 192 g/mol. The van der Waals surface area contributed by atoms with E-state index in [1.807, 2.05) is 25.6 Å². The Kier molecular flexibility index (Phi) is 2.34. The number of rotatable bonds is 1. The number of carbonyl (C=O) groups excluding carboxylic acids is 1. The van der Waals surface area contributed by atoms with Crippen LogP contribution in [0.15, 0.2) is 12.3 Å². The minimum Gasteiger partial charge on any atom is -0.493 e. The summed E-state index contributed by atoms with van der Waals surface area (Å²) < 4.78 is 7.27. The molecule has 2 heterocycles. The van der Waals surface area contributed by atoms with Crippen LogP contribution in [-0.4, -0.2) is 15.6 Å². The average Bonchev–Trinajstić information content (AvgIpc) is 2.41. The largest absolute Gasteiger partial charge is 0.493 e. The van der Waals surface area contributed by atoms with Crippen LogP contribution < -0.4 is 0 Å². The van der Waals surface area contributed by atoms with Gasteiger partial charge in [-0.15, -0.1) is 0 Å². The molecule has 1 aliphatic rings. The summed E-state index contributed by atoms with van der Waals surface area (Å²) >= 11 is 0. The molecule has 4 nitrogen and oxygen atoms in total. The zero-order chi connectivity index (χ0) is 11.0. The number of hydrogen-bond donors (Lipinski definition) is 0. The van der Waals surface area contributed by atoms with Gasteiger partial charge in [-0.25, -0.2) is 0 Å². The normalized spacial score (nSPS) is 20.5. The molecule has 80 valence electrons. The summed E-state index contributed by atoms with van der Waals surface area (Å²) in [6.45, 7) is 3.93. The SMILES string of the molecule is Cc1nn(C)c(C)c1C1CC(=O)C=CO1. The zero-order valence-electron chi connectivity index (χ0n) is 9.15. The predicted molar refractivity (Wildman–Crippen MR) is 55.3 cm³/mol. The number of hydrogen-bond acceptors (Lipinski definition) is 3. The van der Waals surface area contributed by atoms with E-state index >= 15 is 0 Å². The van der Waals surface area contributed by atoms with E-state index in [9.17, 15) is 4.79 Å². The van der Waals surface area contributed by atoms with Crippen molar-refractivity contribution in [2.45, 2.75) is 26.4 Å². The Hall–Kier alpha value is -1.58. The van der Waals surface area contributed by atoms with Gasteiger partial charge in [0.25, 0.3) is 0 Å². The van der Waals surface area contributed by atoms with Crippen LogP contribution in [0.1, 0.15) is 29.5 Å². The number of aromatic nitrogens is 2. The highest BCUT2D eigenvalue weighted by atomic mass is 16.5. The van der Waals surface area contributed by atoms with Gasteiger partial charge >= 0.3 is 0 Å². The minimum absolute atomic E-state index is 0.105. The molecule has 15 heavy (non-hydrogen) atoms. The van der Waals surface area contributed by atoms with Crippen LogP contribution in [-0.2, 0) is 16.6 Å². The molecule has 0 bridgehead atoms. The molecule has 0 radical (unpaired) electrons. The van der Waals surface area contributed by atoms with Gasteiger partial charge in [-0.1, -0.05) is 0 Å². The molecule has 1 aliphatic heterocycles. The zero-order valence-corrected chi connectivity index (χ0v) is 9.15. The van der Waals surface area contributed by atoms with Crippen molar-refractivity contribution in [2.24, 2.45) is 7.05 Å². The first kappa shape index (κ1) is 9.96. The van der Waals surface area contributed by atoms with Crippen LogP contribution in [0.2, 0.25) is 0 Å². The van der Waals surface area contributed by atoms with Crippen molar-refractivity contribution in [1.29, 1.82) is 0 Å². The Bertz CT molecular complexity index is 432. The highest BCUT2D eigenvalue weighted by Gasteiger charge is 2.24. The molecule has 0 aromatic carbocycles. The van der Waals surface area contributed by atoms with Crippen molar-refractivity contribution in [2.75, 3.05) is 0 Å². The first-order valence-corrected chi connectivity index (χ1v) is 4.94. The van der Waals surface area contributed by atoms with Crippen molar-refractivity contribution >= 4 is 5.78 Å². The molecule has 0 spiro atoms. The molecule has 0 fully saturated rings. The number of allylic oxidation sites excluding steroid dienone is 1. The maximum Gasteiger partial charge on any atom is 0.162 e. The summed E-state index contributed by atoms with van der Waals surface area (Å²) in [5.74, 6) is 0.105. The Morgan fingerprint density at radius 1 is 1.53 bits per heavy atom. The predicted octanol–water partition coefficient (Wildman–Crippen LogP) is 1.58. The maximum atomic E-state index is 11.3. The maximum absolute atomic E-state index is 11.3. The van der Waals surface area contributed by atoms with Gasteiger partial charge in [-0.2, -0.15) is 5.10 Å². The van der Waals surface area contributed by atoms with Crippen molar-refractivity contribution in [3.63, 3.8) is 0 Å². The summed E-state index contributed by atoms with van der Waals surface area (Å²) in [6, 6.07) is 0. The number of aryl methyl sites for hydroxylation is 2. The molecule has 4 heteroatoms. The first-order valence-electron chi connectivity index (χ1n) is 4.94. The van der Waals surface area contributed by atoms with Crippen molar-refractivity contribution in [3.8, 4) is 0 Å². The Balaban J connectivity index is 2.37. The highest BCUT2D eigenvalue weighted by Crippen LogP contribution is 2.29. The van der Waals surface area contributed by atoms with Crippen LogP contribution in [0.3, 0.4) is 0 Å². The fourth-order valence-corrected chi connectivity index (χ4v) is 1.93. The standard InChI is InChI=1S/C11H14N2O2/c1-7-11(8(2)13(3)12-7)10-6-9(14)4-5-15-10/h4-5,10H,6H2,1-3H3. The van der Waals surface area contributed by atoms with Crippen LogP contribution in [0.25, 0.3) is 0 Å². The number of carbonyl (C=O) groups is 1. The first-order chi connectivity index (χ1) is 7.09. The Morgan fingerprint density at radius 2 is 2.27 bits per heavy atom. The molecule has 0 saturated heterocycles. The number of nitrogens with zero attached hydrogens (tertiary/aromatic N) is 2. The van der Waals surface area contributed by atoms with E-state index in [1.54, 1.807) is 0 Å². The monoisotopic (exact) mass is 206 g/mol. The van der Waals surface area contributed by atoms with Crippen molar-refractivity contribution < 1.29 is 9.53 Å².